The maximum absolute atomic E-state index is 14.4. The van der Waals surface area contributed by atoms with Crippen molar-refractivity contribution < 1.29 is 32.6 Å². The van der Waals surface area contributed by atoms with E-state index in [9.17, 15) is 18.4 Å². The fourth-order valence-electron chi connectivity index (χ4n) is 4.32. The number of morpholine rings is 1. The van der Waals surface area contributed by atoms with Crippen molar-refractivity contribution in [2.45, 2.75) is 31.5 Å². The minimum Gasteiger partial charge on any atom is -0.494 e. The first-order valence-electron chi connectivity index (χ1n) is 10.1. The topological polar surface area (TPSA) is 65.1 Å². The van der Waals surface area contributed by atoms with Crippen LogP contribution in [0.5, 0.6) is 5.75 Å². The molecule has 2 atom stereocenters. The van der Waals surface area contributed by atoms with Crippen LogP contribution in [0.1, 0.15) is 28.8 Å². The molecule has 2 bridgehead atoms. The van der Waals surface area contributed by atoms with Crippen LogP contribution >= 0.6 is 0 Å². The van der Waals surface area contributed by atoms with E-state index in [0.29, 0.717) is 12.8 Å². The predicted octanol–water partition coefficient (Wildman–Crippen LogP) is 3.97. The number of Topliss-reactive ketones (excluding diaryl/α,β-unsaturated/α-hetero) is 1. The zero-order valence-electron chi connectivity index (χ0n) is 17.1. The van der Waals surface area contributed by atoms with Gasteiger partial charge in [0.05, 0.1) is 38.0 Å². The Bertz CT molecular complexity index is 954. The van der Waals surface area contributed by atoms with Gasteiger partial charge < -0.3 is 14.2 Å². The van der Waals surface area contributed by atoms with Gasteiger partial charge in [-0.25, -0.2) is 9.18 Å². The molecule has 6 nitrogen and oxygen atoms in total. The summed E-state index contributed by atoms with van der Waals surface area (Å²) in [6.45, 7) is 0.676. The zero-order chi connectivity index (χ0) is 22.0. The summed E-state index contributed by atoms with van der Waals surface area (Å²) in [4.78, 5) is 27.3. The number of hydrogen-bond acceptors (Lipinski definition) is 5. The minimum atomic E-state index is -1.21. The zero-order valence-corrected chi connectivity index (χ0v) is 17.1. The minimum absolute atomic E-state index is 0.148. The van der Waals surface area contributed by atoms with Gasteiger partial charge in [0.15, 0.2) is 17.3 Å². The van der Waals surface area contributed by atoms with Crippen molar-refractivity contribution in [3.8, 4) is 5.75 Å². The van der Waals surface area contributed by atoms with Gasteiger partial charge in [0.2, 0.25) is 5.82 Å². The summed E-state index contributed by atoms with van der Waals surface area (Å²) in [5.74, 6) is -3.67. The van der Waals surface area contributed by atoms with Crippen molar-refractivity contribution in [1.82, 2.24) is 4.90 Å². The number of halogens is 2. The smallest absolute Gasteiger partial charge is 0.410 e. The second kappa shape index (κ2) is 9.01. The molecule has 0 radical (unpaired) electrons. The predicted molar refractivity (Wildman–Crippen MR) is 107 cm³/mol. The fraction of sp³-hybridized carbons (Fsp3) is 0.391. The molecule has 2 aliphatic heterocycles. The fourth-order valence-corrected chi connectivity index (χ4v) is 4.32. The molecule has 2 fully saturated rings. The molecule has 8 heteroatoms. The Morgan fingerprint density at radius 1 is 1.03 bits per heavy atom. The lowest BCUT2D eigenvalue weighted by Gasteiger charge is -2.47. The van der Waals surface area contributed by atoms with E-state index in [4.69, 9.17) is 14.2 Å². The van der Waals surface area contributed by atoms with E-state index >= 15 is 0 Å². The molecule has 0 aliphatic carbocycles. The second-order valence-corrected chi connectivity index (χ2v) is 7.77. The van der Waals surface area contributed by atoms with Crippen molar-refractivity contribution in [3.63, 3.8) is 0 Å². The van der Waals surface area contributed by atoms with Crippen LogP contribution < -0.4 is 4.74 Å². The first-order valence-corrected chi connectivity index (χ1v) is 10.1. The number of methoxy groups -OCH3 is 1. The highest BCUT2D eigenvalue weighted by atomic mass is 19.2. The molecule has 0 N–H and O–H groups in total. The molecule has 2 aliphatic rings. The van der Waals surface area contributed by atoms with Crippen LogP contribution in [0.15, 0.2) is 42.5 Å². The monoisotopic (exact) mass is 431 g/mol. The number of hydrogen-bond donors (Lipinski definition) is 0. The Labute approximate surface area is 178 Å². The summed E-state index contributed by atoms with van der Waals surface area (Å²) in [6, 6.07) is 11.1. The molecule has 0 saturated carbocycles. The lowest BCUT2D eigenvalue weighted by atomic mass is 9.80. The van der Waals surface area contributed by atoms with Crippen molar-refractivity contribution in [2.75, 3.05) is 20.3 Å². The first kappa shape index (κ1) is 21.2. The molecule has 31 heavy (non-hydrogen) atoms. The number of carbonyl (C=O) groups is 2. The normalized spacial score (nSPS) is 22.7. The third kappa shape index (κ3) is 4.25. The van der Waals surface area contributed by atoms with Crippen molar-refractivity contribution >= 4 is 11.9 Å². The molecule has 164 valence electrons. The molecule has 2 aromatic carbocycles. The lowest BCUT2D eigenvalue weighted by Crippen LogP contribution is -2.60. The van der Waals surface area contributed by atoms with E-state index in [1.165, 1.54) is 19.2 Å². The van der Waals surface area contributed by atoms with Gasteiger partial charge in [-0.3, -0.25) is 9.69 Å². The SMILES string of the molecule is COc1ccc(C(=O)C2CC3COCC(C2)N3C(=O)OCc2ccccc2)c(F)c1F. The van der Waals surface area contributed by atoms with Gasteiger partial charge in [-0.1, -0.05) is 30.3 Å². The number of benzene rings is 2. The average molecular weight is 431 g/mol. The van der Waals surface area contributed by atoms with Gasteiger partial charge in [0.25, 0.3) is 0 Å². The summed E-state index contributed by atoms with van der Waals surface area (Å²) in [5, 5.41) is 0. The van der Waals surface area contributed by atoms with Gasteiger partial charge in [0, 0.05) is 5.92 Å². The molecular formula is C23H23F2NO5. The standard InChI is InChI=1S/C23H23F2NO5/c1-29-19-8-7-18(20(24)21(19)25)22(27)15-9-16-12-30-13-17(10-15)26(16)23(28)31-11-14-5-3-2-4-6-14/h2-8,15-17H,9-13H2,1H3. The maximum Gasteiger partial charge on any atom is 0.410 e. The van der Waals surface area contributed by atoms with Gasteiger partial charge in [-0.05, 0) is 30.5 Å². The highest BCUT2D eigenvalue weighted by molar-refractivity contribution is 5.98. The molecule has 1 amide bonds. The van der Waals surface area contributed by atoms with E-state index in [1.807, 2.05) is 30.3 Å². The van der Waals surface area contributed by atoms with E-state index in [0.717, 1.165) is 5.56 Å². The molecule has 0 spiro atoms. The van der Waals surface area contributed by atoms with Crippen LogP contribution in [0.4, 0.5) is 13.6 Å². The lowest BCUT2D eigenvalue weighted by molar-refractivity contribution is -0.0755. The highest BCUT2D eigenvalue weighted by Gasteiger charge is 2.45. The van der Waals surface area contributed by atoms with Crippen LogP contribution in [-0.2, 0) is 16.1 Å². The molecule has 2 heterocycles. The third-order valence-electron chi connectivity index (χ3n) is 5.84. The summed E-state index contributed by atoms with van der Waals surface area (Å²) < 4.78 is 44.3. The summed E-state index contributed by atoms with van der Waals surface area (Å²) in [7, 11) is 1.23. The summed E-state index contributed by atoms with van der Waals surface area (Å²) in [5.41, 5.74) is 0.571. The Morgan fingerprint density at radius 3 is 2.35 bits per heavy atom. The van der Waals surface area contributed by atoms with Gasteiger partial charge in [0.1, 0.15) is 6.61 Å². The summed E-state index contributed by atoms with van der Waals surface area (Å²) >= 11 is 0. The van der Waals surface area contributed by atoms with Crippen LogP contribution in [0, 0.1) is 17.6 Å². The van der Waals surface area contributed by atoms with Crippen molar-refractivity contribution in [3.05, 3.63) is 65.2 Å². The average Bonchev–Trinajstić information content (AvgIpc) is 2.78. The molecule has 2 saturated heterocycles. The molecule has 2 aromatic rings. The number of fused-ring (bicyclic) bond motifs is 2. The number of ketones is 1. The maximum atomic E-state index is 14.4. The first-order chi connectivity index (χ1) is 15.0. The number of piperidine rings is 1. The second-order valence-electron chi connectivity index (χ2n) is 7.77. The van der Waals surface area contributed by atoms with Crippen LogP contribution in [0.25, 0.3) is 0 Å². The van der Waals surface area contributed by atoms with E-state index in [1.54, 1.807) is 4.90 Å². The Kier molecular flexibility index (Phi) is 6.18. The summed E-state index contributed by atoms with van der Waals surface area (Å²) in [6.07, 6.45) is 0.126. The third-order valence-corrected chi connectivity index (χ3v) is 5.84. The van der Waals surface area contributed by atoms with Crippen molar-refractivity contribution in [1.29, 1.82) is 0 Å². The molecular weight excluding hydrogens is 408 g/mol. The number of amides is 1. The van der Waals surface area contributed by atoms with Gasteiger partial charge in [-0.2, -0.15) is 4.39 Å². The van der Waals surface area contributed by atoms with Gasteiger partial charge in [-0.15, -0.1) is 0 Å². The molecule has 0 aromatic heterocycles. The van der Waals surface area contributed by atoms with E-state index in [2.05, 4.69) is 0 Å². The molecule has 4 rings (SSSR count). The van der Waals surface area contributed by atoms with Crippen LogP contribution in [0.3, 0.4) is 0 Å². The largest absolute Gasteiger partial charge is 0.494 e. The van der Waals surface area contributed by atoms with E-state index < -0.39 is 29.4 Å². The number of ether oxygens (including phenoxy) is 3. The Balaban J connectivity index is 1.46. The van der Waals surface area contributed by atoms with Crippen LogP contribution in [0.2, 0.25) is 0 Å². The van der Waals surface area contributed by atoms with Gasteiger partial charge >= 0.3 is 6.09 Å². The van der Waals surface area contributed by atoms with Crippen LogP contribution in [-0.4, -0.2) is 49.2 Å². The Morgan fingerprint density at radius 2 is 1.71 bits per heavy atom. The molecule has 2 unspecified atom stereocenters. The number of nitrogens with zero attached hydrogens (tertiary/aromatic N) is 1. The quantitative estimate of drug-likeness (QED) is 0.671. The number of rotatable bonds is 5. The number of carbonyl (C=O) groups excluding carboxylic acids is 2. The van der Waals surface area contributed by atoms with E-state index in [-0.39, 0.29) is 43.2 Å². The highest BCUT2D eigenvalue weighted by Crippen LogP contribution is 2.35. The Hall–Kier alpha value is -3.00. The van der Waals surface area contributed by atoms with Crippen molar-refractivity contribution in [2.24, 2.45) is 5.92 Å².